The molecule has 2 aromatic heterocycles. The summed E-state index contributed by atoms with van der Waals surface area (Å²) in [4.78, 5) is 54.8. The van der Waals surface area contributed by atoms with E-state index in [-0.39, 0.29) is 28.6 Å². The molecule has 0 bridgehead atoms. The summed E-state index contributed by atoms with van der Waals surface area (Å²) >= 11 is 6.86. The van der Waals surface area contributed by atoms with Gasteiger partial charge in [-0.25, -0.2) is 4.98 Å². The van der Waals surface area contributed by atoms with Crippen molar-refractivity contribution >= 4 is 52.0 Å². The van der Waals surface area contributed by atoms with E-state index in [1.54, 1.807) is 47.3 Å². The fourth-order valence-corrected chi connectivity index (χ4v) is 7.92. The zero-order chi connectivity index (χ0) is 43.3. The van der Waals surface area contributed by atoms with E-state index in [0.717, 1.165) is 35.6 Å². The molecule has 15 nitrogen and oxygen atoms in total. The monoisotopic (exact) mass is 847 g/mol. The molecule has 0 spiro atoms. The normalized spacial score (nSPS) is 14.8. The fraction of sp³-hybridized carbons (Fsp3) is 0.311. The smallest absolute Gasteiger partial charge is 0.368 e. The zero-order valence-corrected chi connectivity index (χ0v) is 35.5. The SMILES string of the molecule is COc1cc(OC)c(Cl)c(-c2cc3cnc(Nc4ccc(N5CCOCC5)cc4)nc3n(C(C)c3cccc(CC(=O)/C=C/C[N+](C)(C)CC4=C([N+](=O)[O-])N=CC4)c3)c2=O)c1. The van der Waals surface area contributed by atoms with Crippen LogP contribution in [0, 0.1) is 10.1 Å². The third-order valence-corrected chi connectivity index (χ3v) is 11.2. The first-order valence-electron chi connectivity index (χ1n) is 19.9. The van der Waals surface area contributed by atoms with Gasteiger partial charge in [-0.15, -0.1) is 0 Å². The number of likely N-dealkylation sites (N-methyl/N-ethyl adjacent to an activating group) is 1. The van der Waals surface area contributed by atoms with Gasteiger partial charge in [0.1, 0.15) is 29.9 Å². The standard InChI is InChI=1S/C45H47ClN8O7/c1-29(31-9-6-8-30(22-31)23-36(55)10-7-19-54(2,3)28-32-15-16-47-42(32)53(57)58)52-43-33(24-39(44(52)56)38-25-37(59-4)26-40(60-5)41(38)46)27-48-45(50-43)49-34-11-13-35(14-12-34)51-17-20-61-21-18-51/h6-14,16,22,24-27,29H,15,17-21,23,28H2,1-5H3/p+1/b10-7+. The molecule has 316 valence electrons. The molecule has 1 fully saturated rings. The first kappa shape index (κ1) is 42.7. The van der Waals surface area contributed by atoms with Crippen molar-refractivity contribution in [2.24, 2.45) is 4.99 Å². The van der Waals surface area contributed by atoms with Crippen LogP contribution in [-0.2, 0) is 16.0 Å². The molecule has 3 aromatic carbocycles. The Kier molecular flexibility index (Phi) is 12.9. The molecule has 5 aromatic rings. The van der Waals surface area contributed by atoms with Crippen LogP contribution in [-0.4, -0.2) is 104 Å². The molecule has 0 amide bonds. The number of nitrogens with one attached hydrogen (secondary N) is 1. The Balaban J connectivity index is 1.19. The number of fused-ring (bicyclic) bond motifs is 1. The van der Waals surface area contributed by atoms with Crippen molar-refractivity contribution in [3.63, 3.8) is 0 Å². The largest absolute Gasteiger partial charge is 0.497 e. The molecule has 1 unspecified atom stereocenters. The number of hydrogen-bond acceptors (Lipinski definition) is 12. The Morgan fingerprint density at radius 3 is 2.56 bits per heavy atom. The van der Waals surface area contributed by atoms with Crippen molar-refractivity contribution < 1.29 is 28.4 Å². The van der Waals surface area contributed by atoms with Crippen molar-refractivity contribution in [2.75, 3.05) is 77.9 Å². The Bertz CT molecular complexity index is 2620. The number of hydrogen-bond donors (Lipinski definition) is 1. The lowest BCUT2D eigenvalue weighted by molar-refractivity contribution is -0.880. The molecule has 2 aliphatic rings. The van der Waals surface area contributed by atoms with E-state index in [4.69, 9.17) is 30.8 Å². The number of methoxy groups -OCH3 is 2. The van der Waals surface area contributed by atoms with Crippen molar-refractivity contribution in [3.8, 4) is 22.6 Å². The van der Waals surface area contributed by atoms with E-state index in [9.17, 15) is 19.7 Å². The van der Waals surface area contributed by atoms with E-state index in [1.807, 2.05) is 69.6 Å². The number of ether oxygens (including phenoxy) is 3. The van der Waals surface area contributed by atoms with Crippen LogP contribution in [0.1, 0.15) is 30.5 Å². The predicted octanol–water partition coefficient (Wildman–Crippen LogP) is 7.03. The Morgan fingerprint density at radius 1 is 1.07 bits per heavy atom. The molecule has 0 saturated carbocycles. The molecule has 0 radical (unpaired) electrons. The molecule has 0 aliphatic carbocycles. The van der Waals surface area contributed by atoms with Crippen molar-refractivity contribution in [2.45, 2.75) is 25.8 Å². The molecular weight excluding hydrogens is 800 g/mol. The summed E-state index contributed by atoms with van der Waals surface area (Å²) in [6.45, 7) is 5.87. The average molecular weight is 848 g/mol. The zero-order valence-electron chi connectivity index (χ0n) is 34.8. The van der Waals surface area contributed by atoms with Gasteiger partial charge in [0.05, 0.1) is 64.7 Å². The highest BCUT2D eigenvalue weighted by atomic mass is 35.5. The van der Waals surface area contributed by atoms with E-state index in [2.05, 4.69) is 20.2 Å². The summed E-state index contributed by atoms with van der Waals surface area (Å²) in [6, 6.07) is 20.1. The van der Waals surface area contributed by atoms with Gasteiger partial charge in [0, 0.05) is 66.1 Å². The number of anilines is 3. The lowest BCUT2D eigenvalue weighted by Crippen LogP contribution is -2.41. The first-order valence-corrected chi connectivity index (χ1v) is 20.2. The second kappa shape index (κ2) is 18.5. The molecule has 1 N–H and O–H groups in total. The van der Waals surface area contributed by atoms with E-state index in [0.29, 0.717) is 82.4 Å². The number of carbonyl (C=O) groups is 1. The highest BCUT2D eigenvalue weighted by molar-refractivity contribution is 6.35. The number of aliphatic imine (C=N–C) groups is 1. The number of carbonyl (C=O) groups excluding carboxylic acids is 1. The minimum atomic E-state index is -0.557. The number of nitrogens with zero attached hydrogens (tertiary/aromatic N) is 7. The van der Waals surface area contributed by atoms with Gasteiger partial charge < -0.3 is 39.0 Å². The molecule has 1 atom stereocenters. The third-order valence-electron chi connectivity index (χ3n) is 10.8. The summed E-state index contributed by atoms with van der Waals surface area (Å²) in [6.07, 6.45) is 7.16. The maximum atomic E-state index is 14.8. The van der Waals surface area contributed by atoms with Gasteiger partial charge in [-0.3, -0.25) is 14.2 Å². The lowest BCUT2D eigenvalue weighted by Gasteiger charge is -2.28. The molecular formula is C45H48ClN8O7+. The Hall–Kier alpha value is -6.42. The van der Waals surface area contributed by atoms with Gasteiger partial charge in [-0.1, -0.05) is 40.9 Å². The molecule has 4 heterocycles. The lowest BCUT2D eigenvalue weighted by atomic mass is 10.00. The first-order chi connectivity index (χ1) is 29.3. The number of morpholine rings is 1. The molecule has 1 saturated heterocycles. The summed E-state index contributed by atoms with van der Waals surface area (Å²) in [7, 11) is 6.93. The summed E-state index contributed by atoms with van der Waals surface area (Å²) in [5, 5.41) is 15.5. The van der Waals surface area contributed by atoms with E-state index < -0.39 is 11.0 Å². The second-order valence-electron chi connectivity index (χ2n) is 15.6. The Morgan fingerprint density at radius 2 is 1.84 bits per heavy atom. The van der Waals surface area contributed by atoms with Crippen LogP contribution < -0.4 is 25.2 Å². The molecule has 2 aliphatic heterocycles. The van der Waals surface area contributed by atoms with Crippen LogP contribution in [0.5, 0.6) is 11.5 Å². The number of rotatable bonds is 16. The predicted molar refractivity (Wildman–Crippen MR) is 237 cm³/mol. The fourth-order valence-electron chi connectivity index (χ4n) is 7.63. The topological polar surface area (TPSA) is 163 Å². The maximum Gasteiger partial charge on any atom is 0.368 e. The third kappa shape index (κ3) is 9.80. The van der Waals surface area contributed by atoms with Crippen LogP contribution in [0.4, 0.5) is 17.3 Å². The van der Waals surface area contributed by atoms with E-state index in [1.165, 1.54) is 14.2 Å². The minimum Gasteiger partial charge on any atom is -0.497 e. The number of allylic oxidation sites excluding steroid dienone is 1. The summed E-state index contributed by atoms with van der Waals surface area (Å²) < 4.78 is 18.6. The highest BCUT2D eigenvalue weighted by Crippen LogP contribution is 2.39. The van der Waals surface area contributed by atoms with Crippen LogP contribution in [0.25, 0.3) is 22.2 Å². The summed E-state index contributed by atoms with van der Waals surface area (Å²) in [5.41, 5.74) is 4.85. The minimum absolute atomic E-state index is 0.0956. The number of ketones is 1. The Labute approximate surface area is 358 Å². The van der Waals surface area contributed by atoms with Gasteiger partial charge in [-0.2, -0.15) is 4.98 Å². The van der Waals surface area contributed by atoms with Crippen LogP contribution in [0.3, 0.4) is 0 Å². The number of halogens is 1. The van der Waals surface area contributed by atoms with Crippen LogP contribution in [0.15, 0.2) is 106 Å². The quantitative estimate of drug-likeness (QED) is 0.0470. The number of quaternary nitrogens is 1. The number of benzene rings is 3. The van der Waals surface area contributed by atoms with Gasteiger partial charge >= 0.3 is 5.82 Å². The molecule has 16 heteroatoms. The van der Waals surface area contributed by atoms with E-state index >= 15 is 0 Å². The van der Waals surface area contributed by atoms with Gasteiger partial charge in [0.15, 0.2) is 5.78 Å². The van der Waals surface area contributed by atoms with Crippen molar-refractivity contribution in [1.29, 1.82) is 0 Å². The number of pyridine rings is 1. The molecule has 61 heavy (non-hydrogen) atoms. The summed E-state index contributed by atoms with van der Waals surface area (Å²) in [5.74, 6) is 0.919. The molecule has 7 rings (SSSR count). The number of aromatic nitrogens is 3. The van der Waals surface area contributed by atoms with Crippen molar-refractivity contribution in [3.05, 3.63) is 133 Å². The van der Waals surface area contributed by atoms with Gasteiger partial charge in [0.2, 0.25) is 5.95 Å². The van der Waals surface area contributed by atoms with Gasteiger partial charge in [0.25, 0.3) is 5.56 Å². The second-order valence-corrected chi connectivity index (χ2v) is 16.0. The average Bonchev–Trinajstić information content (AvgIpc) is 3.72. The van der Waals surface area contributed by atoms with Crippen LogP contribution in [0.2, 0.25) is 5.02 Å². The van der Waals surface area contributed by atoms with Crippen LogP contribution >= 0.6 is 11.6 Å². The highest BCUT2D eigenvalue weighted by Gasteiger charge is 2.28. The maximum absolute atomic E-state index is 14.8. The van der Waals surface area contributed by atoms with Gasteiger partial charge in [-0.05, 0) is 71.5 Å². The number of nitro groups is 1. The van der Waals surface area contributed by atoms with Crippen molar-refractivity contribution in [1.82, 2.24) is 14.5 Å².